The van der Waals surface area contributed by atoms with Crippen molar-refractivity contribution in [3.63, 3.8) is 0 Å². The van der Waals surface area contributed by atoms with Gasteiger partial charge >= 0.3 is 0 Å². The third kappa shape index (κ3) is 3.12. The van der Waals surface area contributed by atoms with E-state index in [1.807, 2.05) is 24.3 Å². The quantitative estimate of drug-likeness (QED) is 0.645. The number of fused-ring (bicyclic) bond motifs is 1. The number of non-ortho nitro benzene ring substituents is 1. The number of nitro benzene ring substituents is 1. The molecule has 1 atom stereocenters. The van der Waals surface area contributed by atoms with E-state index in [1.54, 1.807) is 6.07 Å². The normalized spacial score (nSPS) is 15.9. The molecule has 0 saturated carbocycles. The van der Waals surface area contributed by atoms with E-state index in [0.717, 1.165) is 11.3 Å². The number of carbonyl (C=O) groups excluding carboxylic acids is 1. The maximum Gasteiger partial charge on any atom is 0.271 e. The molecule has 0 saturated heterocycles. The summed E-state index contributed by atoms with van der Waals surface area (Å²) in [6.07, 6.45) is 0.607. The zero-order valence-electron chi connectivity index (χ0n) is 12.1. The Morgan fingerprint density at radius 3 is 2.78 bits per heavy atom. The van der Waals surface area contributed by atoms with Gasteiger partial charge in [-0.25, -0.2) is 0 Å². The Hall–Kier alpha value is -2.60. The van der Waals surface area contributed by atoms with E-state index in [-0.39, 0.29) is 22.5 Å². The zero-order chi connectivity index (χ0) is 16.4. The first-order valence-corrected chi connectivity index (χ1v) is 7.51. The summed E-state index contributed by atoms with van der Waals surface area (Å²) in [6, 6.07) is 11.9. The number of halogens is 1. The lowest BCUT2D eigenvalue weighted by Gasteiger charge is -2.11. The van der Waals surface area contributed by atoms with Crippen LogP contribution in [0.25, 0.3) is 0 Å². The number of nitro groups is 1. The van der Waals surface area contributed by atoms with Gasteiger partial charge in [-0.05, 0) is 24.1 Å². The van der Waals surface area contributed by atoms with Crippen LogP contribution in [-0.4, -0.2) is 17.4 Å². The molecule has 23 heavy (non-hydrogen) atoms. The van der Waals surface area contributed by atoms with Crippen molar-refractivity contribution in [3.05, 3.63) is 63.2 Å². The summed E-state index contributed by atoms with van der Waals surface area (Å²) in [6.45, 7) is 0.532. The molecular weight excluding hydrogens is 318 g/mol. The molecule has 0 bridgehead atoms. The number of para-hydroxylation sites is 1. The standard InChI is InChI=1S/C16H14ClN3O3/c17-13-9-10(20(22)23)5-6-15(13)18-8-7-12-11-3-1-2-4-14(11)19-16(12)21/h1-6,9,12,18H,7-8H2,(H,19,21). The van der Waals surface area contributed by atoms with Gasteiger partial charge in [-0.2, -0.15) is 0 Å². The predicted molar refractivity (Wildman–Crippen MR) is 89.0 cm³/mol. The van der Waals surface area contributed by atoms with Crippen molar-refractivity contribution in [1.82, 2.24) is 0 Å². The number of hydrogen-bond donors (Lipinski definition) is 2. The molecule has 0 fully saturated rings. The number of rotatable bonds is 5. The number of nitrogens with zero attached hydrogens (tertiary/aromatic N) is 1. The highest BCUT2D eigenvalue weighted by atomic mass is 35.5. The first-order valence-electron chi connectivity index (χ1n) is 7.14. The molecule has 0 aliphatic carbocycles. The highest BCUT2D eigenvalue weighted by Gasteiger charge is 2.29. The Labute approximate surface area is 137 Å². The SMILES string of the molecule is O=C1Nc2ccccc2C1CCNc1ccc([N+](=O)[O-])cc1Cl. The Bertz CT molecular complexity index is 779. The fourth-order valence-electron chi connectivity index (χ4n) is 2.67. The van der Waals surface area contributed by atoms with Gasteiger partial charge in [-0.1, -0.05) is 29.8 Å². The summed E-state index contributed by atoms with van der Waals surface area (Å²) < 4.78 is 0. The van der Waals surface area contributed by atoms with Crippen molar-refractivity contribution in [2.45, 2.75) is 12.3 Å². The summed E-state index contributed by atoms with van der Waals surface area (Å²) in [4.78, 5) is 22.2. The van der Waals surface area contributed by atoms with E-state index in [0.29, 0.717) is 18.7 Å². The lowest BCUT2D eigenvalue weighted by Crippen LogP contribution is -2.15. The minimum atomic E-state index is -0.491. The van der Waals surface area contributed by atoms with Crippen LogP contribution >= 0.6 is 11.6 Å². The molecule has 3 rings (SSSR count). The molecule has 0 aromatic heterocycles. The molecule has 1 aliphatic heterocycles. The number of benzene rings is 2. The van der Waals surface area contributed by atoms with Crippen LogP contribution in [0.1, 0.15) is 17.9 Å². The van der Waals surface area contributed by atoms with Gasteiger partial charge in [0.05, 0.1) is 21.6 Å². The second-order valence-corrected chi connectivity index (χ2v) is 5.67. The molecule has 1 aliphatic rings. The first-order chi connectivity index (χ1) is 11.1. The van der Waals surface area contributed by atoms with Gasteiger partial charge in [0.1, 0.15) is 0 Å². The van der Waals surface area contributed by atoms with Gasteiger partial charge in [-0.15, -0.1) is 0 Å². The van der Waals surface area contributed by atoms with Gasteiger partial charge in [0.25, 0.3) is 5.69 Å². The third-order valence-corrected chi connectivity index (χ3v) is 4.14. The van der Waals surface area contributed by atoms with Gasteiger partial charge in [-0.3, -0.25) is 14.9 Å². The molecule has 2 aromatic carbocycles. The smallest absolute Gasteiger partial charge is 0.271 e. The third-order valence-electron chi connectivity index (χ3n) is 3.82. The summed E-state index contributed by atoms with van der Waals surface area (Å²) in [5.41, 5.74) is 2.42. The van der Waals surface area contributed by atoms with Gasteiger partial charge in [0.15, 0.2) is 0 Å². The van der Waals surface area contributed by atoms with Crippen LogP contribution < -0.4 is 10.6 Å². The second kappa shape index (κ2) is 6.26. The fraction of sp³-hybridized carbons (Fsp3) is 0.188. The summed E-state index contributed by atoms with van der Waals surface area (Å²) >= 11 is 6.03. The molecule has 2 aromatic rings. The van der Waals surface area contributed by atoms with Gasteiger partial charge in [0.2, 0.25) is 5.91 Å². The number of carbonyl (C=O) groups is 1. The van der Waals surface area contributed by atoms with Crippen molar-refractivity contribution in [2.24, 2.45) is 0 Å². The van der Waals surface area contributed by atoms with Crippen LogP contribution in [0.5, 0.6) is 0 Å². The molecule has 1 heterocycles. The average molecular weight is 332 g/mol. The summed E-state index contributed by atoms with van der Waals surface area (Å²) in [5.74, 6) is -0.210. The molecule has 118 valence electrons. The van der Waals surface area contributed by atoms with E-state index < -0.39 is 4.92 Å². The largest absolute Gasteiger partial charge is 0.384 e. The maximum absolute atomic E-state index is 12.0. The molecular formula is C16H14ClN3O3. The maximum atomic E-state index is 12.0. The lowest BCUT2D eigenvalue weighted by atomic mass is 9.97. The van der Waals surface area contributed by atoms with E-state index in [2.05, 4.69) is 10.6 Å². The van der Waals surface area contributed by atoms with Crippen LogP contribution in [0, 0.1) is 10.1 Å². The molecule has 0 radical (unpaired) electrons. The summed E-state index contributed by atoms with van der Waals surface area (Å²) in [7, 11) is 0. The number of hydrogen-bond acceptors (Lipinski definition) is 4. The predicted octanol–water partition coefficient (Wildman–Crippen LogP) is 3.79. The summed E-state index contributed by atoms with van der Waals surface area (Å²) in [5, 5.41) is 17.0. The van der Waals surface area contributed by atoms with E-state index in [4.69, 9.17) is 11.6 Å². The fourth-order valence-corrected chi connectivity index (χ4v) is 2.92. The topological polar surface area (TPSA) is 84.3 Å². The number of amides is 1. The Morgan fingerprint density at radius 2 is 2.04 bits per heavy atom. The molecule has 1 unspecified atom stereocenters. The van der Waals surface area contributed by atoms with Crippen molar-refractivity contribution in [3.8, 4) is 0 Å². The lowest BCUT2D eigenvalue weighted by molar-refractivity contribution is -0.384. The number of anilines is 2. The van der Waals surface area contributed by atoms with Crippen LogP contribution in [-0.2, 0) is 4.79 Å². The van der Waals surface area contributed by atoms with Crippen molar-refractivity contribution >= 4 is 34.6 Å². The first kappa shape index (κ1) is 15.3. The Balaban J connectivity index is 1.64. The Morgan fingerprint density at radius 1 is 1.26 bits per heavy atom. The second-order valence-electron chi connectivity index (χ2n) is 5.27. The Kier molecular flexibility index (Phi) is 4.16. The van der Waals surface area contributed by atoms with E-state index >= 15 is 0 Å². The van der Waals surface area contributed by atoms with Crippen LogP contribution in [0.3, 0.4) is 0 Å². The molecule has 6 nitrogen and oxygen atoms in total. The molecule has 7 heteroatoms. The number of nitrogens with one attached hydrogen (secondary N) is 2. The minimum Gasteiger partial charge on any atom is -0.384 e. The highest BCUT2D eigenvalue weighted by molar-refractivity contribution is 6.33. The zero-order valence-corrected chi connectivity index (χ0v) is 12.8. The van der Waals surface area contributed by atoms with Crippen LogP contribution in [0.2, 0.25) is 5.02 Å². The highest BCUT2D eigenvalue weighted by Crippen LogP contribution is 2.34. The molecule has 1 amide bonds. The average Bonchev–Trinajstić information content (AvgIpc) is 2.84. The van der Waals surface area contributed by atoms with Crippen molar-refractivity contribution in [2.75, 3.05) is 17.2 Å². The van der Waals surface area contributed by atoms with E-state index in [1.165, 1.54) is 12.1 Å². The van der Waals surface area contributed by atoms with Gasteiger partial charge in [0, 0.05) is 24.4 Å². The van der Waals surface area contributed by atoms with Crippen molar-refractivity contribution < 1.29 is 9.72 Å². The molecule has 2 N–H and O–H groups in total. The minimum absolute atomic E-state index is 0.0113. The van der Waals surface area contributed by atoms with Crippen LogP contribution in [0.15, 0.2) is 42.5 Å². The monoisotopic (exact) mass is 331 g/mol. The van der Waals surface area contributed by atoms with Crippen LogP contribution in [0.4, 0.5) is 17.1 Å². The molecule has 0 spiro atoms. The van der Waals surface area contributed by atoms with Gasteiger partial charge < -0.3 is 10.6 Å². The van der Waals surface area contributed by atoms with Crippen molar-refractivity contribution in [1.29, 1.82) is 0 Å². The van der Waals surface area contributed by atoms with E-state index in [9.17, 15) is 14.9 Å².